The van der Waals surface area contributed by atoms with Crippen molar-refractivity contribution >= 4 is 34.7 Å². The van der Waals surface area contributed by atoms with E-state index in [1.165, 1.54) is 18.5 Å². The summed E-state index contributed by atoms with van der Waals surface area (Å²) in [5, 5.41) is 5.99. The summed E-state index contributed by atoms with van der Waals surface area (Å²) in [7, 11) is 0. The first-order valence-corrected chi connectivity index (χ1v) is 7.92. The first-order chi connectivity index (χ1) is 12.4. The third-order valence-corrected chi connectivity index (χ3v) is 3.76. The smallest absolute Gasteiger partial charge is 0.275 e. The van der Waals surface area contributed by atoms with Gasteiger partial charge in [0.1, 0.15) is 11.5 Å². The second-order valence-electron chi connectivity index (χ2n) is 5.45. The predicted octanol–water partition coefficient (Wildman–Crippen LogP) is 4.71. The van der Waals surface area contributed by atoms with Crippen LogP contribution in [0.3, 0.4) is 0 Å². The Kier molecular flexibility index (Phi) is 5.09. The molecule has 0 atom stereocenters. The molecule has 0 bridgehead atoms. The van der Waals surface area contributed by atoms with Gasteiger partial charge in [0.05, 0.1) is 12.4 Å². The van der Waals surface area contributed by atoms with Crippen molar-refractivity contribution in [1.82, 2.24) is 9.97 Å². The number of halogens is 3. The molecule has 26 heavy (non-hydrogen) atoms. The van der Waals surface area contributed by atoms with Gasteiger partial charge >= 0.3 is 0 Å². The Hall–Kier alpha value is -3.06. The predicted molar refractivity (Wildman–Crippen MR) is 95.8 cm³/mol. The molecule has 3 aromatic rings. The number of benzene rings is 2. The van der Waals surface area contributed by atoms with Crippen LogP contribution in [-0.4, -0.2) is 15.9 Å². The number of aromatic nitrogens is 2. The van der Waals surface area contributed by atoms with Crippen LogP contribution in [0.5, 0.6) is 0 Å². The van der Waals surface area contributed by atoms with Crippen molar-refractivity contribution in [2.24, 2.45) is 0 Å². The number of hydrogen-bond donors (Lipinski definition) is 2. The van der Waals surface area contributed by atoms with E-state index in [4.69, 9.17) is 11.6 Å². The first kappa shape index (κ1) is 17.8. The summed E-state index contributed by atoms with van der Waals surface area (Å²) in [6, 6.07) is 8.52. The molecule has 0 aliphatic carbocycles. The van der Waals surface area contributed by atoms with Crippen LogP contribution in [0.25, 0.3) is 0 Å². The monoisotopic (exact) mass is 374 g/mol. The molecule has 0 aliphatic heterocycles. The lowest BCUT2D eigenvalue weighted by Crippen LogP contribution is -2.15. The van der Waals surface area contributed by atoms with E-state index in [1.54, 1.807) is 18.2 Å². The molecule has 0 spiro atoms. The molecule has 3 rings (SSSR count). The van der Waals surface area contributed by atoms with E-state index in [-0.39, 0.29) is 11.5 Å². The number of rotatable bonds is 4. The first-order valence-electron chi connectivity index (χ1n) is 7.54. The standard InChI is InChI=1S/C18H13ClF2N4O/c1-10-2-3-11(19)6-15(10)25-18(26)16-8-23-17(9-22-16)24-12-4-5-13(20)14(21)7-12/h2-9H,1H3,(H,23,24)(H,25,26). The van der Waals surface area contributed by atoms with Crippen molar-refractivity contribution in [2.75, 3.05) is 10.6 Å². The second-order valence-corrected chi connectivity index (χ2v) is 5.89. The van der Waals surface area contributed by atoms with Gasteiger partial charge in [0, 0.05) is 22.5 Å². The Balaban J connectivity index is 1.71. The molecule has 0 radical (unpaired) electrons. The molecule has 0 saturated carbocycles. The van der Waals surface area contributed by atoms with Crippen molar-refractivity contribution in [1.29, 1.82) is 0 Å². The van der Waals surface area contributed by atoms with E-state index >= 15 is 0 Å². The van der Waals surface area contributed by atoms with Crippen LogP contribution in [0.2, 0.25) is 5.02 Å². The average Bonchev–Trinajstić information content (AvgIpc) is 2.62. The fourth-order valence-electron chi connectivity index (χ4n) is 2.15. The Bertz CT molecular complexity index is 964. The minimum absolute atomic E-state index is 0.0974. The highest BCUT2D eigenvalue weighted by Crippen LogP contribution is 2.21. The fourth-order valence-corrected chi connectivity index (χ4v) is 2.32. The van der Waals surface area contributed by atoms with Crippen molar-refractivity contribution < 1.29 is 13.6 Å². The highest BCUT2D eigenvalue weighted by molar-refractivity contribution is 6.31. The molecule has 8 heteroatoms. The fraction of sp³-hybridized carbons (Fsp3) is 0.0556. The molecule has 0 unspecified atom stereocenters. The summed E-state index contributed by atoms with van der Waals surface area (Å²) in [5.41, 5.74) is 1.84. The highest BCUT2D eigenvalue weighted by atomic mass is 35.5. The zero-order chi connectivity index (χ0) is 18.7. The number of hydrogen-bond acceptors (Lipinski definition) is 4. The third kappa shape index (κ3) is 4.12. The lowest BCUT2D eigenvalue weighted by Gasteiger charge is -2.09. The van der Waals surface area contributed by atoms with Crippen LogP contribution < -0.4 is 10.6 Å². The van der Waals surface area contributed by atoms with Gasteiger partial charge in [0.15, 0.2) is 11.6 Å². The van der Waals surface area contributed by atoms with Crippen molar-refractivity contribution in [3.8, 4) is 0 Å². The Morgan fingerprint density at radius 3 is 2.54 bits per heavy atom. The average molecular weight is 375 g/mol. The second kappa shape index (κ2) is 7.45. The summed E-state index contributed by atoms with van der Waals surface area (Å²) < 4.78 is 26.1. The highest BCUT2D eigenvalue weighted by Gasteiger charge is 2.11. The van der Waals surface area contributed by atoms with Gasteiger partial charge in [-0.05, 0) is 36.8 Å². The van der Waals surface area contributed by atoms with Crippen molar-refractivity contribution in [3.63, 3.8) is 0 Å². The Morgan fingerprint density at radius 2 is 1.85 bits per heavy atom. The summed E-state index contributed by atoms with van der Waals surface area (Å²) in [6.07, 6.45) is 2.60. The van der Waals surface area contributed by atoms with E-state index in [2.05, 4.69) is 20.6 Å². The summed E-state index contributed by atoms with van der Waals surface area (Å²) >= 11 is 5.93. The van der Waals surface area contributed by atoms with Crippen molar-refractivity contribution in [3.05, 3.63) is 76.7 Å². The number of amides is 1. The lowest BCUT2D eigenvalue weighted by atomic mass is 10.2. The Labute approximate surface area is 153 Å². The molecule has 1 heterocycles. The molecule has 0 fully saturated rings. The van der Waals surface area contributed by atoms with Crippen LogP contribution in [0.4, 0.5) is 26.0 Å². The van der Waals surface area contributed by atoms with Crippen LogP contribution in [0.1, 0.15) is 16.1 Å². The minimum atomic E-state index is -0.976. The lowest BCUT2D eigenvalue weighted by molar-refractivity contribution is 0.102. The Morgan fingerprint density at radius 1 is 1.04 bits per heavy atom. The zero-order valence-electron chi connectivity index (χ0n) is 13.6. The number of aryl methyl sites for hydroxylation is 1. The molecule has 2 aromatic carbocycles. The van der Waals surface area contributed by atoms with Gasteiger partial charge in [0.2, 0.25) is 0 Å². The largest absolute Gasteiger partial charge is 0.339 e. The molecule has 0 saturated heterocycles. The van der Waals surface area contributed by atoms with Crippen molar-refractivity contribution in [2.45, 2.75) is 6.92 Å². The van der Waals surface area contributed by atoms with Gasteiger partial charge in [-0.1, -0.05) is 17.7 Å². The quantitative estimate of drug-likeness (QED) is 0.694. The van der Waals surface area contributed by atoms with E-state index in [9.17, 15) is 13.6 Å². The topological polar surface area (TPSA) is 66.9 Å². The third-order valence-electron chi connectivity index (χ3n) is 3.52. The molecular weight excluding hydrogens is 362 g/mol. The van der Waals surface area contributed by atoms with E-state index in [0.717, 1.165) is 17.7 Å². The van der Waals surface area contributed by atoms with Crippen LogP contribution >= 0.6 is 11.6 Å². The molecular formula is C18H13ClF2N4O. The SMILES string of the molecule is Cc1ccc(Cl)cc1NC(=O)c1cnc(Nc2ccc(F)c(F)c2)cn1. The van der Waals surface area contributed by atoms with Crippen LogP contribution in [0, 0.1) is 18.6 Å². The molecule has 1 aromatic heterocycles. The summed E-state index contributed by atoms with van der Waals surface area (Å²) in [4.78, 5) is 20.3. The zero-order valence-corrected chi connectivity index (χ0v) is 14.3. The van der Waals surface area contributed by atoms with Gasteiger partial charge in [-0.25, -0.2) is 18.7 Å². The summed E-state index contributed by atoms with van der Waals surface area (Å²) in [6.45, 7) is 1.84. The van der Waals surface area contributed by atoms with Gasteiger partial charge in [-0.2, -0.15) is 0 Å². The van der Waals surface area contributed by atoms with E-state index in [1.807, 2.05) is 6.92 Å². The minimum Gasteiger partial charge on any atom is -0.339 e. The van der Waals surface area contributed by atoms with Crippen LogP contribution in [0.15, 0.2) is 48.8 Å². The molecule has 5 nitrogen and oxygen atoms in total. The van der Waals surface area contributed by atoms with E-state index in [0.29, 0.717) is 16.4 Å². The number of nitrogens with zero attached hydrogens (tertiary/aromatic N) is 2. The van der Waals surface area contributed by atoms with Crippen LogP contribution in [-0.2, 0) is 0 Å². The van der Waals surface area contributed by atoms with Gasteiger partial charge < -0.3 is 10.6 Å². The molecule has 0 aliphatic rings. The maximum Gasteiger partial charge on any atom is 0.275 e. The number of anilines is 3. The maximum atomic E-state index is 13.2. The maximum absolute atomic E-state index is 13.2. The van der Waals surface area contributed by atoms with Gasteiger partial charge in [-0.3, -0.25) is 4.79 Å². The molecule has 132 valence electrons. The molecule has 2 N–H and O–H groups in total. The van der Waals surface area contributed by atoms with Gasteiger partial charge in [0.25, 0.3) is 5.91 Å². The van der Waals surface area contributed by atoms with E-state index < -0.39 is 17.5 Å². The number of carbonyl (C=O) groups is 1. The summed E-state index contributed by atoms with van der Waals surface area (Å²) in [5.74, 6) is -2.07. The normalized spacial score (nSPS) is 10.5. The number of nitrogens with one attached hydrogen (secondary N) is 2. The number of carbonyl (C=O) groups excluding carboxylic acids is 1. The molecule has 1 amide bonds. The van der Waals surface area contributed by atoms with Gasteiger partial charge in [-0.15, -0.1) is 0 Å².